The van der Waals surface area contributed by atoms with Crippen molar-refractivity contribution in [3.8, 4) is 5.75 Å². The van der Waals surface area contributed by atoms with Gasteiger partial charge in [-0.2, -0.15) is 13.9 Å². The van der Waals surface area contributed by atoms with E-state index in [-0.39, 0.29) is 29.0 Å². The fraction of sp³-hybridized carbons (Fsp3) is 0.333. The molecule has 0 aliphatic carbocycles. The summed E-state index contributed by atoms with van der Waals surface area (Å²) in [6, 6.07) is 4.05. The minimum absolute atomic E-state index is 0.0270. The number of anilines is 1. The molecule has 4 rings (SSSR count). The van der Waals surface area contributed by atoms with Gasteiger partial charge >= 0.3 is 6.61 Å². The Labute approximate surface area is 185 Å². The second-order valence-electron chi connectivity index (χ2n) is 8.09. The molecule has 1 atom stereocenters. The van der Waals surface area contributed by atoms with Crippen LogP contribution in [0.15, 0.2) is 36.8 Å². The van der Waals surface area contributed by atoms with Gasteiger partial charge in [-0.15, -0.1) is 0 Å². The number of ether oxygens (including phenoxy) is 1. The van der Waals surface area contributed by atoms with Crippen LogP contribution in [0.4, 0.5) is 18.9 Å². The first-order valence-corrected chi connectivity index (χ1v) is 9.91. The number of aromatic nitrogens is 3. The zero-order chi connectivity index (χ0) is 23.9. The summed E-state index contributed by atoms with van der Waals surface area (Å²) in [5.41, 5.74) is -0.970. The molecule has 0 bridgehead atoms. The fourth-order valence-corrected chi connectivity index (χ4v) is 3.43. The van der Waals surface area contributed by atoms with E-state index < -0.39 is 42.5 Å². The maximum Gasteiger partial charge on any atom is 0.387 e. The Kier molecular flexibility index (Phi) is 5.70. The normalized spacial score (nSPS) is 14.6. The highest BCUT2D eigenvalue weighted by molar-refractivity contribution is 6.09. The van der Waals surface area contributed by atoms with Crippen molar-refractivity contribution in [2.24, 2.45) is 0 Å². The van der Waals surface area contributed by atoms with Crippen LogP contribution in [0.1, 0.15) is 40.1 Å². The molecule has 2 amide bonds. The van der Waals surface area contributed by atoms with E-state index in [1.165, 1.54) is 36.8 Å². The van der Waals surface area contributed by atoms with Gasteiger partial charge in [-0.1, -0.05) is 0 Å². The van der Waals surface area contributed by atoms with Gasteiger partial charge in [0.05, 0.1) is 24.0 Å². The summed E-state index contributed by atoms with van der Waals surface area (Å²) in [7, 11) is 0. The van der Waals surface area contributed by atoms with E-state index in [0.29, 0.717) is 5.56 Å². The van der Waals surface area contributed by atoms with Gasteiger partial charge < -0.3 is 20.1 Å². The number of amides is 2. The molecule has 2 aromatic heterocycles. The van der Waals surface area contributed by atoms with Gasteiger partial charge in [0.1, 0.15) is 17.5 Å². The van der Waals surface area contributed by atoms with Crippen molar-refractivity contribution < 1.29 is 32.6 Å². The second kappa shape index (κ2) is 8.35. The van der Waals surface area contributed by atoms with Crippen LogP contribution in [-0.2, 0) is 6.54 Å². The van der Waals surface area contributed by atoms with Crippen LogP contribution in [0.25, 0.3) is 5.65 Å². The predicted molar refractivity (Wildman–Crippen MR) is 110 cm³/mol. The van der Waals surface area contributed by atoms with E-state index in [4.69, 9.17) is 0 Å². The third kappa shape index (κ3) is 4.46. The number of carbonyl (C=O) groups is 2. The van der Waals surface area contributed by atoms with Crippen molar-refractivity contribution >= 4 is 23.1 Å². The summed E-state index contributed by atoms with van der Waals surface area (Å²) in [5.74, 6) is -1.69. The van der Waals surface area contributed by atoms with Crippen molar-refractivity contribution in [3.63, 3.8) is 0 Å². The maximum absolute atomic E-state index is 14.3. The predicted octanol–water partition coefficient (Wildman–Crippen LogP) is 2.65. The van der Waals surface area contributed by atoms with E-state index >= 15 is 0 Å². The molecule has 9 nitrogen and oxygen atoms in total. The monoisotopic (exact) mass is 463 g/mol. The van der Waals surface area contributed by atoms with Gasteiger partial charge in [0.2, 0.25) is 0 Å². The van der Waals surface area contributed by atoms with E-state index in [0.717, 1.165) is 11.0 Å². The topological polar surface area (TPSA) is 109 Å². The van der Waals surface area contributed by atoms with Gasteiger partial charge in [0.15, 0.2) is 5.65 Å². The lowest BCUT2D eigenvalue weighted by atomic mass is 10.0. The van der Waals surface area contributed by atoms with Crippen molar-refractivity contribution in [2.75, 3.05) is 11.9 Å². The number of halogens is 3. The minimum Gasteiger partial charge on any atom is -0.433 e. The van der Waals surface area contributed by atoms with Crippen molar-refractivity contribution in [1.82, 2.24) is 19.5 Å². The van der Waals surface area contributed by atoms with Crippen LogP contribution >= 0.6 is 0 Å². The van der Waals surface area contributed by atoms with E-state index in [2.05, 4.69) is 20.1 Å². The van der Waals surface area contributed by atoms with Crippen molar-refractivity contribution in [3.05, 3.63) is 53.5 Å². The molecule has 0 saturated carbocycles. The summed E-state index contributed by atoms with van der Waals surface area (Å²) < 4.78 is 46.2. The molecule has 0 unspecified atom stereocenters. The van der Waals surface area contributed by atoms with Gasteiger partial charge in [-0.05, 0) is 37.6 Å². The Morgan fingerprint density at radius 3 is 2.79 bits per heavy atom. The number of carbonyl (C=O) groups excluding carboxylic acids is 2. The number of benzene rings is 1. The Hall–Kier alpha value is -3.67. The second-order valence-corrected chi connectivity index (χ2v) is 8.09. The van der Waals surface area contributed by atoms with Gasteiger partial charge in [0.25, 0.3) is 11.8 Å². The largest absolute Gasteiger partial charge is 0.433 e. The van der Waals surface area contributed by atoms with Crippen LogP contribution in [-0.4, -0.2) is 61.3 Å². The van der Waals surface area contributed by atoms with Crippen LogP contribution in [0.5, 0.6) is 5.75 Å². The smallest absolute Gasteiger partial charge is 0.387 e. The average Bonchev–Trinajstić information content (AvgIpc) is 3.29. The highest BCUT2D eigenvalue weighted by Gasteiger charge is 2.35. The van der Waals surface area contributed by atoms with Crippen molar-refractivity contribution in [1.29, 1.82) is 0 Å². The summed E-state index contributed by atoms with van der Waals surface area (Å²) in [4.78, 5) is 30.7. The molecule has 33 heavy (non-hydrogen) atoms. The van der Waals surface area contributed by atoms with Gasteiger partial charge in [0, 0.05) is 24.5 Å². The molecule has 3 aromatic rings. The van der Waals surface area contributed by atoms with Gasteiger partial charge in [-0.25, -0.2) is 13.9 Å². The molecule has 1 aliphatic heterocycles. The number of alkyl halides is 3. The summed E-state index contributed by atoms with van der Waals surface area (Å²) in [5, 5.41) is 16.3. The molecule has 0 fully saturated rings. The molecule has 12 heteroatoms. The van der Waals surface area contributed by atoms with E-state index in [1.807, 2.05) is 0 Å². The molecule has 3 heterocycles. The number of rotatable bonds is 7. The summed E-state index contributed by atoms with van der Waals surface area (Å²) in [6.45, 7) is -1.07. The Morgan fingerprint density at radius 2 is 2.09 bits per heavy atom. The lowest BCUT2D eigenvalue weighted by molar-refractivity contribution is -0.0494. The van der Waals surface area contributed by atoms with Gasteiger partial charge in [-0.3, -0.25) is 9.59 Å². The molecule has 174 valence electrons. The van der Waals surface area contributed by atoms with Crippen LogP contribution in [0.2, 0.25) is 0 Å². The van der Waals surface area contributed by atoms with E-state index in [9.17, 15) is 27.9 Å². The number of nitrogens with zero attached hydrogens (tertiary/aromatic N) is 4. The molecule has 2 N–H and O–H groups in total. The quantitative estimate of drug-likeness (QED) is 0.558. The number of aliphatic hydroxyl groups is 1. The zero-order valence-corrected chi connectivity index (χ0v) is 17.6. The SMILES string of the molecule is CC(C)(O)[C@H](F)CN1Cc2cc(NC(=O)c3cnn4cccnc34)c(OC(F)F)cc2C1=O. The first-order chi connectivity index (χ1) is 15.5. The highest BCUT2D eigenvalue weighted by atomic mass is 19.3. The fourth-order valence-electron chi connectivity index (χ4n) is 3.43. The Bertz CT molecular complexity index is 1220. The molecule has 1 aromatic carbocycles. The molecule has 0 spiro atoms. The standard InChI is InChI=1S/C21H20F3N5O4/c1-21(2,32)16(22)10-28-9-11-6-14(15(33-20(23)24)7-12(11)19(28)31)27-18(30)13-8-26-29-5-3-4-25-17(13)29/h3-8,16,20,32H,9-10H2,1-2H3,(H,27,30)/t16-/m1/s1. The molecule has 1 aliphatic rings. The summed E-state index contributed by atoms with van der Waals surface area (Å²) in [6.07, 6.45) is 2.61. The van der Waals surface area contributed by atoms with Crippen LogP contribution in [0.3, 0.4) is 0 Å². The Balaban J connectivity index is 1.64. The third-order valence-electron chi connectivity index (χ3n) is 5.22. The first kappa shape index (κ1) is 22.5. The highest BCUT2D eigenvalue weighted by Crippen LogP contribution is 2.35. The molecular formula is C21H20F3N5O4. The van der Waals surface area contributed by atoms with Crippen LogP contribution in [0, 0.1) is 0 Å². The van der Waals surface area contributed by atoms with E-state index in [1.54, 1.807) is 12.3 Å². The molecule has 0 radical (unpaired) electrons. The lowest BCUT2D eigenvalue weighted by Gasteiger charge is -2.26. The number of fused-ring (bicyclic) bond motifs is 2. The minimum atomic E-state index is -3.21. The maximum atomic E-state index is 14.3. The zero-order valence-electron chi connectivity index (χ0n) is 17.6. The number of hydrogen-bond acceptors (Lipinski definition) is 6. The lowest BCUT2D eigenvalue weighted by Crippen LogP contribution is -2.42. The number of nitrogens with one attached hydrogen (secondary N) is 1. The molecule has 0 saturated heterocycles. The third-order valence-corrected chi connectivity index (χ3v) is 5.22. The average molecular weight is 463 g/mol. The Morgan fingerprint density at radius 1 is 1.33 bits per heavy atom. The molecular weight excluding hydrogens is 443 g/mol. The van der Waals surface area contributed by atoms with Crippen molar-refractivity contribution in [2.45, 2.75) is 38.8 Å². The van der Waals surface area contributed by atoms with Crippen LogP contribution < -0.4 is 10.1 Å². The first-order valence-electron chi connectivity index (χ1n) is 9.91. The summed E-state index contributed by atoms with van der Waals surface area (Å²) >= 11 is 0. The number of hydrogen-bond donors (Lipinski definition) is 2.